The molecule has 3 aliphatic heterocycles. The Balaban J connectivity index is 0.00000131. The predicted octanol–water partition coefficient (Wildman–Crippen LogP) is 1.46. The number of halogens is 2. The molecule has 1 aromatic rings. The summed E-state index contributed by atoms with van der Waals surface area (Å²) in [4.78, 5) is 14.0. The highest BCUT2D eigenvalue weighted by atomic mass is 35.5. The third kappa shape index (κ3) is 4.81. The topological polar surface area (TPSA) is 91.3 Å². The average molecular weight is 419 g/mol. The Hall–Kier alpha value is -1.19. The molecule has 0 unspecified atom stereocenters. The number of fused-ring (bicyclic) bond motifs is 1. The second kappa shape index (κ2) is 9.34. The van der Waals surface area contributed by atoms with Gasteiger partial charge in [-0.25, -0.2) is 4.79 Å². The number of carboxylic acids is 1. The molecule has 3 aliphatic rings. The monoisotopic (exact) mass is 418 g/mol. The number of likely N-dealkylation sites (tertiary alicyclic amines) is 1. The number of ether oxygens (including phenoxy) is 1. The van der Waals surface area contributed by atoms with Crippen molar-refractivity contribution in [3.05, 3.63) is 23.3 Å². The Morgan fingerprint density at radius 2 is 2.15 bits per heavy atom. The normalized spacial score (nSPS) is 22.0. The van der Waals surface area contributed by atoms with Crippen molar-refractivity contribution in [1.82, 2.24) is 10.2 Å². The highest BCUT2D eigenvalue weighted by molar-refractivity contribution is 6.44. The van der Waals surface area contributed by atoms with E-state index in [-0.39, 0.29) is 42.2 Å². The lowest BCUT2D eigenvalue weighted by Gasteiger charge is -2.40. The van der Waals surface area contributed by atoms with Gasteiger partial charge in [0.25, 0.3) is 0 Å². The van der Waals surface area contributed by atoms with Gasteiger partial charge >= 0.3 is 13.1 Å². The van der Waals surface area contributed by atoms with Crippen LogP contribution in [0.15, 0.2) is 12.1 Å². The van der Waals surface area contributed by atoms with E-state index in [1.165, 1.54) is 12.8 Å². The predicted molar refractivity (Wildman–Crippen MR) is 107 cm³/mol. The molecule has 0 aliphatic carbocycles. The van der Waals surface area contributed by atoms with Crippen molar-refractivity contribution in [2.45, 2.75) is 37.7 Å². The first-order valence-corrected chi connectivity index (χ1v) is 8.96. The van der Waals surface area contributed by atoms with Crippen molar-refractivity contribution in [2.24, 2.45) is 0 Å². The molecule has 0 saturated carbocycles. The summed E-state index contributed by atoms with van der Waals surface area (Å²) in [6.45, 7) is 3.72. The van der Waals surface area contributed by atoms with Gasteiger partial charge in [-0.15, -0.1) is 24.8 Å². The quantitative estimate of drug-likeness (QED) is 0.623. The number of hydrogen-bond donors (Lipinski definition) is 3. The number of rotatable bonds is 5. The molecule has 1 aromatic carbocycles. The van der Waals surface area contributed by atoms with E-state index in [4.69, 9.17) is 9.39 Å². The molecule has 2 saturated heterocycles. The standard InChI is InChI=1S/C17H23BN2O5.2ClH/c21-17(22)15-14(4-3-11-5-6-18(23)25-16(11)15)24-13-9-20(10-13)8-12-2-1-7-19-12;;/h3-4,12-13,19,23H,1-2,5-10H2,(H,21,22);2*1H/t12-;;/m0../s1. The second-order valence-corrected chi connectivity index (χ2v) is 7.09. The summed E-state index contributed by atoms with van der Waals surface area (Å²) in [6.07, 6.45) is 3.52. The van der Waals surface area contributed by atoms with Crippen molar-refractivity contribution in [1.29, 1.82) is 0 Å². The van der Waals surface area contributed by atoms with Crippen LogP contribution in [-0.4, -0.2) is 66.4 Å². The Morgan fingerprint density at radius 1 is 1.37 bits per heavy atom. The van der Waals surface area contributed by atoms with Crippen molar-refractivity contribution in [2.75, 3.05) is 26.2 Å². The summed E-state index contributed by atoms with van der Waals surface area (Å²) in [5.74, 6) is -0.522. The number of aryl methyl sites for hydroxylation is 1. The number of aromatic carboxylic acids is 1. The van der Waals surface area contributed by atoms with E-state index in [0.29, 0.717) is 24.5 Å². The summed E-state index contributed by atoms with van der Waals surface area (Å²) in [7, 11) is -0.959. The first-order chi connectivity index (χ1) is 12.1. The average Bonchev–Trinajstić information content (AvgIpc) is 3.05. The van der Waals surface area contributed by atoms with Crippen LogP contribution in [0.25, 0.3) is 0 Å². The van der Waals surface area contributed by atoms with Crippen LogP contribution in [0.4, 0.5) is 0 Å². The van der Waals surface area contributed by atoms with Crippen molar-refractivity contribution >= 4 is 37.9 Å². The number of nitrogens with zero attached hydrogens (tertiary/aromatic N) is 1. The molecule has 4 rings (SSSR count). The molecule has 3 heterocycles. The van der Waals surface area contributed by atoms with Crippen molar-refractivity contribution in [3.8, 4) is 11.5 Å². The first kappa shape index (κ1) is 22.1. The smallest absolute Gasteiger partial charge is 0.522 e. The first-order valence-electron chi connectivity index (χ1n) is 8.96. The van der Waals surface area contributed by atoms with Gasteiger partial charge in [-0.05, 0) is 43.8 Å². The lowest BCUT2D eigenvalue weighted by Crippen LogP contribution is -2.56. The molecule has 1 atom stereocenters. The summed E-state index contributed by atoms with van der Waals surface area (Å²) in [6, 6.07) is 4.11. The van der Waals surface area contributed by atoms with Crippen LogP contribution in [0.3, 0.4) is 0 Å². The van der Waals surface area contributed by atoms with E-state index in [1.807, 2.05) is 6.07 Å². The number of carbonyl (C=O) groups is 1. The Labute approximate surface area is 171 Å². The van der Waals surface area contributed by atoms with Gasteiger partial charge in [-0.2, -0.15) is 0 Å². The van der Waals surface area contributed by atoms with E-state index in [0.717, 1.165) is 31.7 Å². The van der Waals surface area contributed by atoms with E-state index < -0.39 is 13.1 Å². The molecule has 3 N–H and O–H groups in total. The van der Waals surface area contributed by atoms with E-state index >= 15 is 0 Å². The summed E-state index contributed by atoms with van der Waals surface area (Å²) in [5, 5.41) is 22.8. The van der Waals surface area contributed by atoms with Crippen LogP contribution in [0, 0.1) is 0 Å². The fraction of sp³-hybridized carbons (Fsp3) is 0.588. The maximum Gasteiger partial charge on any atom is 0.522 e. The molecular formula is C17H25BCl2N2O5. The second-order valence-electron chi connectivity index (χ2n) is 7.09. The molecule has 0 radical (unpaired) electrons. The van der Waals surface area contributed by atoms with Crippen LogP contribution in [0.1, 0.15) is 28.8 Å². The van der Waals surface area contributed by atoms with E-state index in [2.05, 4.69) is 10.2 Å². The molecule has 2 fully saturated rings. The van der Waals surface area contributed by atoms with Crippen molar-refractivity contribution in [3.63, 3.8) is 0 Å². The maximum absolute atomic E-state index is 11.7. The van der Waals surface area contributed by atoms with Crippen LogP contribution < -0.4 is 14.7 Å². The Kier molecular flexibility index (Phi) is 7.65. The number of nitrogens with one attached hydrogen (secondary N) is 1. The van der Waals surface area contributed by atoms with Gasteiger partial charge in [-0.3, -0.25) is 4.90 Å². The van der Waals surface area contributed by atoms with Gasteiger partial charge in [0.1, 0.15) is 23.2 Å². The van der Waals surface area contributed by atoms with E-state index in [1.54, 1.807) is 6.07 Å². The fourth-order valence-electron chi connectivity index (χ4n) is 3.86. The third-order valence-electron chi connectivity index (χ3n) is 5.19. The van der Waals surface area contributed by atoms with Gasteiger partial charge in [0.05, 0.1) is 0 Å². The lowest BCUT2D eigenvalue weighted by atomic mass is 9.78. The highest BCUT2D eigenvalue weighted by Gasteiger charge is 2.34. The van der Waals surface area contributed by atoms with Crippen LogP contribution in [-0.2, 0) is 6.42 Å². The zero-order valence-corrected chi connectivity index (χ0v) is 16.6. The maximum atomic E-state index is 11.7. The largest absolute Gasteiger partial charge is 0.535 e. The van der Waals surface area contributed by atoms with Crippen molar-refractivity contribution < 1.29 is 24.3 Å². The number of hydrogen-bond acceptors (Lipinski definition) is 6. The Morgan fingerprint density at radius 3 is 2.81 bits per heavy atom. The SMILES string of the molecule is Cl.Cl.O=C(O)c1c(OC2CN(C[C@@H]3CCCN3)C2)ccc2c1OB(O)CC2. The minimum atomic E-state index is -1.09. The summed E-state index contributed by atoms with van der Waals surface area (Å²) < 4.78 is 11.3. The number of carboxylic acid groups (broad SMARTS) is 1. The summed E-state index contributed by atoms with van der Waals surface area (Å²) in [5.41, 5.74) is 0.824. The zero-order valence-electron chi connectivity index (χ0n) is 14.9. The van der Waals surface area contributed by atoms with Crippen LogP contribution in [0.2, 0.25) is 6.32 Å². The molecular weight excluding hydrogens is 394 g/mol. The molecule has 27 heavy (non-hydrogen) atoms. The van der Waals surface area contributed by atoms with Gasteiger partial charge in [0, 0.05) is 25.7 Å². The number of benzene rings is 1. The third-order valence-corrected chi connectivity index (χ3v) is 5.19. The van der Waals surface area contributed by atoms with Crippen LogP contribution in [0.5, 0.6) is 11.5 Å². The highest BCUT2D eigenvalue weighted by Crippen LogP contribution is 2.37. The Bertz CT molecular complexity index is 669. The summed E-state index contributed by atoms with van der Waals surface area (Å²) >= 11 is 0. The minimum Gasteiger partial charge on any atom is -0.535 e. The molecule has 0 amide bonds. The fourth-order valence-corrected chi connectivity index (χ4v) is 3.86. The minimum absolute atomic E-state index is 0. The van der Waals surface area contributed by atoms with Gasteiger partial charge in [0.2, 0.25) is 0 Å². The van der Waals surface area contributed by atoms with E-state index in [9.17, 15) is 14.9 Å². The molecule has 10 heteroatoms. The zero-order chi connectivity index (χ0) is 17.4. The van der Waals surface area contributed by atoms with Crippen LogP contribution >= 0.6 is 24.8 Å². The molecule has 0 bridgehead atoms. The van der Waals surface area contributed by atoms with Gasteiger partial charge in [0.15, 0.2) is 0 Å². The lowest BCUT2D eigenvalue weighted by molar-refractivity contribution is 0.0143. The molecule has 0 aromatic heterocycles. The molecule has 7 nitrogen and oxygen atoms in total. The molecule has 0 spiro atoms. The van der Waals surface area contributed by atoms with Gasteiger partial charge in [-0.1, -0.05) is 6.07 Å². The molecule has 150 valence electrons. The van der Waals surface area contributed by atoms with Gasteiger partial charge < -0.3 is 24.8 Å².